The maximum absolute atomic E-state index is 13.1. The molecule has 0 aliphatic carbocycles. The van der Waals surface area contributed by atoms with Crippen LogP contribution in [0.3, 0.4) is 0 Å². The van der Waals surface area contributed by atoms with Gasteiger partial charge in [0.05, 0.1) is 21.3 Å². The number of rotatable bonds is 8. The Kier molecular flexibility index (Phi) is 6.99. The molecule has 1 N–H and O–H groups in total. The van der Waals surface area contributed by atoms with Gasteiger partial charge in [0.15, 0.2) is 5.65 Å². The molecule has 0 bridgehead atoms. The Hall–Kier alpha value is -2.53. The molecular formula is C22H20BrClFN5O2S. The Morgan fingerprint density at radius 1 is 1.18 bits per heavy atom. The second-order valence-corrected chi connectivity index (χ2v) is 10.6. The average Bonchev–Trinajstić information content (AvgIpc) is 3.18. The zero-order chi connectivity index (χ0) is 23.6. The van der Waals surface area contributed by atoms with Crippen LogP contribution < -0.4 is 5.32 Å². The number of aromatic nitrogens is 3. The van der Waals surface area contributed by atoms with Crippen molar-refractivity contribution in [2.24, 2.45) is 0 Å². The Labute approximate surface area is 204 Å². The Morgan fingerprint density at radius 2 is 1.91 bits per heavy atom. The van der Waals surface area contributed by atoms with Gasteiger partial charge in [-0.15, -0.1) is 0 Å². The summed E-state index contributed by atoms with van der Waals surface area (Å²) in [4.78, 5) is 4.73. The molecule has 0 aliphatic heterocycles. The standard InChI is InChI=1S/C22H20BrClFN5O2S/c1-29(33(31,32)16-9-7-15(25)8-10-16)12-4-11-26-21-13-20(17-5-2-3-6-19(17)24)28-22-18(23)14-27-30(21)22/h2-3,5-10,13-14,26H,4,11-12H2,1H3. The molecule has 0 amide bonds. The molecule has 33 heavy (non-hydrogen) atoms. The SMILES string of the molecule is CN(CCCNc1cc(-c2ccccc2Cl)nc2c(Br)cnn12)S(=O)(=O)c1ccc(F)cc1. The van der Waals surface area contributed by atoms with Gasteiger partial charge in [-0.3, -0.25) is 0 Å². The Balaban J connectivity index is 1.48. The van der Waals surface area contributed by atoms with Crippen molar-refractivity contribution in [3.8, 4) is 11.3 Å². The summed E-state index contributed by atoms with van der Waals surface area (Å²) >= 11 is 9.83. The number of hydrogen-bond acceptors (Lipinski definition) is 5. The lowest BCUT2D eigenvalue weighted by atomic mass is 10.1. The highest BCUT2D eigenvalue weighted by atomic mass is 79.9. The van der Waals surface area contributed by atoms with Crippen molar-refractivity contribution >= 4 is 49.0 Å². The summed E-state index contributed by atoms with van der Waals surface area (Å²) in [6, 6.07) is 14.1. The molecular weight excluding hydrogens is 533 g/mol. The summed E-state index contributed by atoms with van der Waals surface area (Å²) in [7, 11) is -2.19. The summed E-state index contributed by atoms with van der Waals surface area (Å²) in [5, 5.41) is 8.25. The zero-order valence-electron chi connectivity index (χ0n) is 17.5. The van der Waals surface area contributed by atoms with Crippen LogP contribution in [0.15, 0.2) is 70.2 Å². The third kappa shape index (κ3) is 5.03. The van der Waals surface area contributed by atoms with Crippen LogP contribution in [0.1, 0.15) is 6.42 Å². The molecule has 0 fully saturated rings. The number of halogens is 3. The molecule has 172 valence electrons. The molecule has 4 aromatic rings. The fourth-order valence-corrected chi connectivity index (χ4v) is 5.08. The second-order valence-electron chi connectivity index (χ2n) is 7.30. The molecule has 4 rings (SSSR count). The number of nitrogens with zero attached hydrogens (tertiary/aromatic N) is 4. The first-order valence-electron chi connectivity index (χ1n) is 10.0. The molecule has 0 unspecified atom stereocenters. The lowest BCUT2D eigenvalue weighted by molar-refractivity contribution is 0.465. The molecule has 0 radical (unpaired) electrons. The predicted molar refractivity (Wildman–Crippen MR) is 130 cm³/mol. The van der Waals surface area contributed by atoms with E-state index in [2.05, 4.69) is 31.3 Å². The Bertz CT molecular complexity index is 1400. The summed E-state index contributed by atoms with van der Waals surface area (Å²) in [5.41, 5.74) is 2.11. The summed E-state index contributed by atoms with van der Waals surface area (Å²) in [6.45, 7) is 0.767. The largest absolute Gasteiger partial charge is 0.370 e. The minimum absolute atomic E-state index is 0.0565. The fourth-order valence-electron chi connectivity index (χ4n) is 3.29. The van der Waals surface area contributed by atoms with Gasteiger partial charge < -0.3 is 5.32 Å². The van der Waals surface area contributed by atoms with E-state index in [4.69, 9.17) is 11.6 Å². The van der Waals surface area contributed by atoms with E-state index in [9.17, 15) is 12.8 Å². The predicted octanol–water partition coefficient (Wildman–Crippen LogP) is 5.07. The highest BCUT2D eigenvalue weighted by molar-refractivity contribution is 9.10. The Morgan fingerprint density at radius 3 is 2.64 bits per heavy atom. The molecule has 0 saturated carbocycles. The minimum Gasteiger partial charge on any atom is -0.370 e. The number of sulfonamides is 1. The van der Waals surface area contributed by atoms with Gasteiger partial charge in [0.2, 0.25) is 10.0 Å². The van der Waals surface area contributed by atoms with Gasteiger partial charge in [0.25, 0.3) is 0 Å². The van der Waals surface area contributed by atoms with Crippen molar-refractivity contribution in [2.45, 2.75) is 11.3 Å². The first kappa shape index (κ1) is 23.6. The van der Waals surface area contributed by atoms with E-state index in [1.807, 2.05) is 24.3 Å². The van der Waals surface area contributed by atoms with Crippen LogP contribution >= 0.6 is 27.5 Å². The van der Waals surface area contributed by atoms with Gasteiger partial charge in [-0.2, -0.15) is 9.61 Å². The van der Waals surface area contributed by atoms with Crippen molar-refractivity contribution in [3.63, 3.8) is 0 Å². The average molecular weight is 553 g/mol. The molecule has 11 heteroatoms. The normalized spacial score (nSPS) is 11.9. The quantitative estimate of drug-likeness (QED) is 0.309. The van der Waals surface area contributed by atoms with Crippen LogP contribution in [0.5, 0.6) is 0 Å². The molecule has 2 aromatic heterocycles. The van der Waals surface area contributed by atoms with Crippen LogP contribution in [0, 0.1) is 5.82 Å². The highest BCUT2D eigenvalue weighted by Gasteiger charge is 2.20. The smallest absolute Gasteiger partial charge is 0.242 e. The van der Waals surface area contributed by atoms with E-state index in [1.54, 1.807) is 16.8 Å². The van der Waals surface area contributed by atoms with E-state index >= 15 is 0 Å². The minimum atomic E-state index is -3.69. The lowest BCUT2D eigenvalue weighted by Gasteiger charge is -2.18. The van der Waals surface area contributed by atoms with Gasteiger partial charge in [-0.25, -0.2) is 22.1 Å². The lowest BCUT2D eigenvalue weighted by Crippen LogP contribution is -2.29. The van der Waals surface area contributed by atoms with E-state index in [0.29, 0.717) is 35.1 Å². The summed E-state index contributed by atoms with van der Waals surface area (Å²) in [5.74, 6) is 0.218. The van der Waals surface area contributed by atoms with Gasteiger partial charge >= 0.3 is 0 Å². The fraction of sp³-hybridized carbons (Fsp3) is 0.182. The van der Waals surface area contributed by atoms with Crippen molar-refractivity contribution in [3.05, 3.63) is 76.1 Å². The van der Waals surface area contributed by atoms with E-state index in [-0.39, 0.29) is 11.4 Å². The first-order valence-corrected chi connectivity index (χ1v) is 12.6. The van der Waals surface area contributed by atoms with Crippen molar-refractivity contribution in [2.75, 3.05) is 25.5 Å². The number of fused-ring (bicyclic) bond motifs is 1. The van der Waals surface area contributed by atoms with Gasteiger partial charge in [-0.1, -0.05) is 29.8 Å². The molecule has 0 aliphatic rings. The maximum Gasteiger partial charge on any atom is 0.242 e. The van der Waals surface area contributed by atoms with E-state index in [1.165, 1.54) is 23.5 Å². The molecule has 0 atom stereocenters. The number of nitrogens with one attached hydrogen (secondary N) is 1. The molecule has 2 aromatic carbocycles. The molecule has 2 heterocycles. The van der Waals surface area contributed by atoms with Crippen LogP contribution in [-0.2, 0) is 10.0 Å². The number of benzene rings is 2. The van der Waals surface area contributed by atoms with Gasteiger partial charge in [-0.05, 0) is 52.7 Å². The van der Waals surface area contributed by atoms with Crippen LogP contribution in [-0.4, -0.2) is 47.5 Å². The third-order valence-corrected chi connectivity index (χ3v) is 7.82. The first-order chi connectivity index (χ1) is 15.8. The molecule has 7 nitrogen and oxygen atoms in total. The van der Waals surface area contributed by atoms with E-state index < -0.39 is 15.8 Å². The second kappa shape index (κ2) is 9.76. The van der Waals surface area contributed by atoms with Gasteiger partial charge in [0, 0.05) is 36.8 Å². The van der Waals surface area contributed by atoms with Gasteiger partial charge in [0.1, 0.15) is 11.6 Å². The van der Waals surface area contributed by atoms with E-state index in [0.717, 1.165) is 22.2 Å². The maximum atomic E-state index is 13.1. The van der Waals surface area contributed by atoms with Crippen LogP contribution in [0.4, 0.5) is 10.2 Å². The number of anilines is 1. The summed E-state index contributed by atoms with van der Waals surface area (Å²) in [6.07, 6.45) is 2.19. The monoisotopic (exact) mass is 551 g/mol. The van der Waals surface area contributed by atoms with Crippen LogP contribution in [0.2, 0.25) is 5.02 Å². The van der Waals surface area contributed by atoms with Crippen molar-refractivity contribution < 1.29 is 12.8 Å². The topological polar surface area (TPSA) is 79.6 Å². The number of hydrogen-bond donors (Lipinski definition) is 1. The highest BCUT2D eigenvalue weighted by Crippen LogP contribution is 2.30. The molecule has 0 saturated heterocycles. The zero-order valence-corrected chi connectivity index (χ0v) is 20.7. The third-order valence-electron chi connectivity index (χ3n) is 5.06. The molecule has 0 spiro atoms. The van der Waals surface area contributed by atoms with Crippen molar-refractivity contribution in [1.29, 1.82) is 0 Å². The van der Waals surface area contributed by atoms with Crippen molar-refractivity contribution in [1.82, 2.24) is 18.9 Å². The summed E-state index contributed by atoms with van der Waals surface area (Å²) < 4.78 is 42.1. The van der Waals surface area contributed by atoms with Crippen LogP contribution in [0.25, 0.3) is 16.9 Å².